The van der Waals surface area contributed by atoms with E-state index in [9.17, 15) is 0 Å². The van der Waals surface area contributed by atoms with Crippen LogP contribution >= 0.6 is 0 Å². The van der Waals surface area contributed by atoms with Gasteiger partial charge in [0, 0.05) is 13.1 Å². The van der Waals surface area contributed by atoms with Gasteiger partial charge in [0.15, 0.2) is 0 Å². The summed E-state index contributed by atoms with van der Waals surface area (Å²) >= 11 is 0. The van der Waals surface area contributed by atoms with Gasteiger partial charge < -0.3 is 25.6 Å². The van der Waals surface area contributed by atoms with Crippen LogP contribution in [0.15, 0.2) is 30.3 Å². The maximum absolute atomic E-state index is 8.58. The van der Waals surface area contributed by atoms with Crippen LogP contribution in [0.1, 0.15) is 0 Å². The molecule has 1 aromatic rings. The van der Waals surface area contributed by atoms with Crippen LogP contribution in [0.5, 0.6) is 0 Å². The summed E-state index contributed by atoms with van der Waals surface area (Å²) < 4.78 is 0. The molecule has 0 amide bonds. The molecular formula is C10H18BNO4. The maximum Gasteiger partial charge on any atom is 0.488 e. The van der Waals surface area contributed by atoms with E-state index in [0.29, 0.717) is 18.6 Å². The highest BCUT2D eigenvalue weighted by Gasteiger charge is 2.07. The molecular weight excluding hydrogens is 209 g/mol. The molecule has 0 radical (unpaired) electrons. The highest BCUT2D eigenvalue weighted by atomic mass is 16.4. The van der Waals surface area contributed by atoms with Crippen molar-refractivity contribution >= 4 is 12.6 Å². The van der Waals surface area contributed by atoms with E-state index in [4.69, 9.17) is 20.3 Å². The fourth-order valence-corrected chi connectivity index (χ4v) is 0.908. The van der Waals surface area contributed by atoms with Gasteiger partial charge in [-0.25, -0.2) is 0 Å². The maximum atomic E-state index is 8.58. The van der Waals surface area contributed by atoms with Crippen LogP contribution in [0, 0.1) is 0 Å². The van der Waals surface area contributed by atoms with Crippen molar-refractivity contribution in [1.82, 2.24) is 5.32 Å². The fourth-order valence-electron chi connectivity index (χ4n) is 0.908. The van der Waals surface area contributed by atoms with Gasteiger partial charge in [-0.2, -0.15) is 0 Å². The van der Waals surface area contributed by atoms with Gasteiger partial charge in [0.25, 0.3) is 0 Å². The smallest absolute Gasteiger partial charge is 0.423 e. The summed E-state index contributed by atoms with van der Waals surface area (Å²) in [5.41, 5.74) is 0.525. The first-order valence-electron chi connectivity index (χ1n) is 5.06. The zero-order chi connectivity index (χ0) is 12.2. The quantitative estimate of drug-likeness (QED) is 0.294. The van der Waals surface area contributed by atoms with Gasteiger partial charge in [0.2, 0.25) is 0 Å². The Kier molecular flexibility index (Phi) is 9.99. The average Bonchev–Trinajstić information content (AvgIpc) is 2.32. The first-order chi connectivity index (χ1) is 7.72. The fraction of sp³-hybridized carbons (Fsp3) is 0.400. The van der Waals surface area contributed by atoms with E-state index < -0.39 is 7.12 Å². The second kappa shape index (κ2) is 10.6. The van der Waals surface area contributed by atoms with E-state index in [2.05, 4.69) is 5.32 Å². The predicted octanol–water partition coefficient (Wildman–Crippen LogP) is -2.07. The Labute approximate surface area is 95.5 Å². The summed E-state index contributed by atoms with van der Waals surface area (Å²) in [5.74, 6) is 0. The number of aliphatic hydroxyl groups excluding tert-OH is 2. The van der Waals surface area contributed by atoms with Crippen LogP contribution in [0.25, 0.3) is 0 Å². The molecule has 0 heterocycles. The van der Waals surface area contributed by atoms with E-state index in [0.717, 1.165) is 0 Å². The van der Waals surface area contributed by atoms with Gasteiger partial charge in [0.1, 0.15) is 0 Å². The van der Waals surface area contributed by atoms with Crippen molar-refractivity contribution < 1.29 is 20.3 Å². The Hall–Kier alpha value is -0.915. The molecule has 1 rings (SSSR count). The summed E-state index contributed by atoms with van der Waals surface area (Å²) in [6.45, 7) is 1.42. The molecule has 5 N–H and O–H groups in total. The van der Waals surface area contributed by atoms with Crippen molar-refractivity contribution in [2.45, 2.75) is 0 Å². The van der Waals surface area contributed by atoms with Crippen molar-refractivity contribution in [1.29, 1.82) is 0 Å². The van der Waals surface area contributed by atoms with Crippen LogP contribution in [0.4, 0.5) is 0 Å². The lowest BCUT2D eigenvalue weighted by molar-refractivity contribution is 0.266. The number of aliphatic hydroxyl groups is 2. The standard InChI is InChI=1S/C6H7BO2.C4H11NO2/c8-7(9)6-4-2-1-3-5-6;6-3-1-5-2-4-7/h1-5,8-9H;5-7H,1-4H2. The Morgan fingerprint density at radius 3 is 1.75 bits per heavy atom. The summed E-state index contributed by atoms with van der Waals surface area (Å²) in [4.78, 5) is 0. The van der Waals surface area contributed by atoms with Crippen LogP contribution < -0.4 is 10.8 Å². The normalized spacial score (nSPS) is 9.25. The van der Waals surface area contributed by atoms with Gasteiger partial charge in [-0.1, -0.05) is 30.3 Å². The molecule has 16 heavy (non-hydrogen) atoms. The third kappa shape index (κ3) is 8.40. The van der Waals surface area contributed by atoms with E-state index >= 15 is 0 Å². The molecule has 0 bridgehead atoms. The minimum absolute atomic E-state index is 0.139. The zero-order valence-electron chi connectivity index (χ0n) is 9.08. The molecule has 0 aliphatic carbocycles. The molecule has 0 saturated heterocycles. The lowest BCUT2D eigenvalue weighted by Gasteiger charge is -1.94. The lowest BCUT2D eigenvalue weighted by Crippen LogP contribution is -2.29. The van der Waals surface area contributed by atoms with E-state index in [1.54, 1.807) is 24.3 Å². The molecule has 0 aliphatic heterocycles. The molecule has 0 aromatic heterocycles. The minimum atomic E-state index is -1.34. The number of benzene rings is 1. The second-order valence-corrected chi connectivity index (χ2v) is 2.98. The molecule has 1 aromatic carbocycles. The van der Waals surface area contributed by atoms with E-state index in [-0.39, 0.29) is 13.2 Å². The average molecular weight is 227 g/mol. The number of nitrogens with one attached hydrogen (secondary N) is 1. The van der Waals surface area contributed by atoms with Crippen molar-refractivity contribution in [2.24, 2.45) is 0 Å². The third-order valence-electron chi connectivity index (χ3n) is 1.67. The van der Waals surface area contributed by atoms with Gasteiger partial charge in [-0.3, -0.25) is 0 Å². The Morgan fingerprint density at radius 1 is 0.938 bits per heavy atom. The van der Waals surface area contributed by atoms with Gasteiger partial charge in [0.05, 0.1) is 13.2 Å². The Bertz CT molecular complexity index is 242. The monoisotopic (exact) mass is 227 g/mol. The minimum Gasteiger partial charge on any atom is -0.423 e. The van der Waals surface area contributed by atoms with Crippen molar-refractivity contribution in [3.05, 3.63) is 30.3 Å². The number of hydrogen-bond donors (Lipinski definition) is 5. The third-order valence-corrected chi connectivity index (χ3v) is 1.67. The SMILES string of the molecule is OB(O)c1ccccc1.OCCNCCO. The number of rotatable bonds is 5. The second-order valence-electron chi connectivity index (χ2n) is 2.98. The van der Waals surface area contributed by atoms with Crippen molar-refractivity contribution in [2.75, 3.05) is 26.3 Å². The molecule has 0 unspecified atom stereocenters. The number of hydrogen-bond acceptors (Lipinski definition) is 5. The molecule has 0 aliphatic rings. The van der Waals surface area contributed by atoms with E-state index in [1.165, 1.54) is 0 Å². The summed E-state index contributed by atoms with van der Waals surface area (Å²) in [6.07, 6.45) is 0. The Balaban J connectivity index is 0.000000293. The summed E-state index contributed by atoms with van der Waals surface area (Å²) in [5, 5.41) is 36.2. The zero-order valence-corrected chi connectivity index (χ0v) is 9.08. The largest absolute Gasteiger partial charge is 0.488 e. The molecule has 5 nitrogen and oxygen atoms in total. The van der Waals surface area contributed by atoms with Gasteiger partial charge in [-0.05, 0) is 5.46 Å². The van der Waals surface area contributed by atoms with Gasteiger partial charge >= 0.3 is 7.12 Å². The topological polar surface area (TPSA) is 93.0 Å². The molecule has 0 atom stereocenters. The van der Waals surface area contributed by atoms with Crippen LogP contribution in [-0.4, -0.2) is 53.7 Å². The highest BCUT2D eigenvalue weighted by Crippen LogP contribution is 1.82. The summed E-state index contributed by atoms with van der Waals surface area (Å²) in [6, 6.07) is 8.66. The molecule has 0 saturated carbocycles. The molecule has 0 spiro atoms. The van der Waals surface area contributed by atoms with Gasteiger partial charge in [-0.15, -0.1) is 0 Å². The lowest BCUT2D eigenvalue weighted by atomic mass is 9.81. The highest BCUT2D eigenvalue weighted by molar-refractivity contribution is 6.58. The van der Waals surface area contributed by atoms with E-state index in [1.807, 2.05) is 6.07 Å². The van der Waals surface area contributed by atoms with Crippen LogP contribution in [-0.2, 0) is 0 Å². The van der Waals surface area contributed by atoms with Crippen molar-refractivity contribution in [3.63, 3.8) is 0 Å². The summed E-state index contributed by atoms with van der Waals surface area (Å²) in [7, 11) is -1.34. The first-order valence-corrected chi connectivity index (χ1v) is 5.06. The molecule has 0 fully saturated rings. The molecule has 6 heteroatoms. The molecule has 90 valence electrons. The Morgan fingerprint density at radius 2 is 1.44 bits per heavy atom. The van der Waals surface area contributed by atoms with Crippen LogP contribution in [0.3, 0.4) is 0 Å². The van der Waals surface area contributed by atoms with Crippen LogP contribution in [0.2, 0.25) is 0 Å². The predicted molar refractivity (Wildman–Crippen MR) is 63.3 cm³/mol. The first kappa shape index (κ1) is 15.1. The van der Waals surface area contributed by atoms with Crippen molar-refractivity contribution in [3.8, 4) is 0 Å².